The first kappa shape index (κ1) is 24.4. The lowest BCUT2D eigenvalue weighted by Gasteiger charge is -2.18. The fraction of sp³-hybridized carbons (Fsp3) is 0.304. The summed E-state index contributed by atoms with van der Waals surface area (Å²) < 4.78 is 12.8. The Morgan fingerprint density at radius 1 is 1.24 bits per heavy atom. The van der Waals surface area contributed by atoms with E-state index in [0.717, 1.165) is 11.3 Å². The van der Waals surface area contributed by atoms with Crippen molar-refractivity contribution in [2.24, 2.45) is 0 Å². The zero-order valence-corrected chi connectivity index (χ0v) is 20.2. The zero-order chi connectivity index (χ0) is 24.1. The van der Waals surface area contributed by atoms with Gasteiger partial charge in [-0.15, -0.1) is 16.6 Å². The molecule has 0 fully saturated rings. The Labute approximate surface area is 201 Å². The van der Waals surface area contributed by atoms with Gasteiger partial charge >= 0.3 is 0 Å². The molecule has 10 heteroatoms. The van der Waals surface area contributed by atoms with Crippen molar-refractivity contribution >= 4 is 23.4 Å². The van der Waals surface area contributed by atoms with Crippen LogP contribution in [0.4, 0.5) is 0 Å². The number of methoxy groups -OCH3 is 1. The van der Waals surface area contributed by atoms with Gasteiger partial charge in [0.2, 0.25) is 6.54 Å². The van der Waals surface area contributed by atoms with E-state index in [2.05, 4.69) is 16.1 Å². The highest BCUT2D eigenvalue weighted by molar-refractivity contribution is 7.99. The van der Waals surface area contributed by atoms with Crippen LogP contribution in [0.5, 0.6) is 11.5 Å². The molecule has 0 unspecified atom stereocenters. The quantitative estimate of drug-likeness (QED) is 0.182. The first-order valence-electron chi connectivity index (χ1n) is 9.97. The molecule has 0 spiro atoms. The molecular weight excluding hydrogens is 464 g/mol. The van der Waals surface area contributed by atoms with Crippen LogP contribution >= 0.6 is 23.4 Å². The summed E-state index contributed by atoms with van der Waals surface area (Å²) >= 11 is 7.64. The number of ether oxygens (including phenoxy) is 2. The summed E-state index contributed by atoms with van der Waals surface area (Å²) in [6.07, 6.45) is 5.27. The highest BCUT2D eigenvalue weighted by Gasteiger charge is 2.26. The van der Waals surface area contributed by atoms with Gasteiger partial charge in [0.25, 0.3) is 0 Å². The molecule has 0 saturated carbocycles. The first-order chi connectivity index (χ1) is 15.7. The highest BCUT2D eigenvalue weighted by atomic mass is 35.5. The molecule has 0 saturated heterocycles. The molecule has 3 rings (SSSR count). The van der Waals surface area contributed by atoms with Gasteiger partial charge in [0.05, 0.1) is 12.1 Å². The first-order valence-corrected chi connectivity index (χ1v) is 11.2. The molecule has 3 aromatic rings. The molecule has 2 aromatic carbocycles. The van der Waals surface area contributed by atoms with Crippen LogP contribution in [-0.4, -0.2) is 39.9 Å². The van der Waals surface area contributed by atoms with Crippen molar-refractivity contribution in [3.05, 3.63) is 68.0 Å². The van der Waals surface area contributed by atoms with Crippen LogP contribution < -0.4 is 9.47 Å². The van der Waals surface area contributed by atoms with Gasteiger partial charge in [-0.05, 0) is 61.7 Å². The SMILES string of the molecule is C#CCOc1c(Cl)cc([C@H](C[N+](=O)[O-])Sc2nnc(C)n2-c2ccc(C)c(C)c2)cc1OC. The number of aromatic nitrogens is 3. The van der Waals surface area contributed by atoms with Gasteiger partial charge < -0.3 is 9.47 Å². The molecule has 1 heterocycles. The van der Waals surface area contributed by atoms with Crippen LogP contribution in [0.25, 0.3) is 5.69 Å². The van der Waals surface area contributed by atoms with Crippen LogP contribution in [0.15, 0.2) is 35.5 Å². The third kappa shape index (κ3) is 5.59. The molecule has 0 aliphatic carbocycles. The molecular formula is C23H23ClN4O4S. The fourth-order valence-corrected chi connectivity index (χ4v) is 4.66. The van der Waals surface area contributed by atoms with Gasteiger partial charge in [-0.1, -0.05) is 35.3 Å². The minimum atomic E-state index is -0.609. The summed E-state index contributed by atoms with van der Waals surface area (Å²) in [6, 6.07) is 9.33. The van der Waals surface area contributed by atoms with Gasteiger partial charge in [0.1, 0.15) is 17.7 Å². The smallest absolute Gasteiger partial charge is 0.220 e. The zero-order valence-electron chi connectivity index (χ0n) is 18.7. The lowest BCUT2D eigenvalue weighted by Crippen LogP contribution is -2.12. The Balaban J connectivity index is 2.03. The Bertz CT molecular complexity index is 1220. The van der Waals surface area contributed by atoms with Gasteiger partial charge in [-0.25, -0.2) is 0 Å². The van der Waals surface area contributed by atoms with Crippen LogP contribution in [0.2, 0.25) is 5.02 Å². The normalized spacial score (nSPS) is 11.6. The lowest BCUT2D eigenvalue weighted by atomic mass is 10.1. The third-order valence-electron chi connectivity index (χ3n) is 5.03. The van der Waals surface area contributed by atoms with E-state index in [1.54, 1.807) is 12.1 Å². The number of benzene rings is 2. The van der Waals surface area contributed by atoms with Crippen LogP contribution in [0.1, 0.15) is 27.8 Å². The van der Waals surface area contributed by atoms with Crippen LogP contribution in [-0.2, 0) is 0 Å². The summed E-state index contributed by atoms with van der Waals surface area (Å²) in [5, 5.41) is 20.2. The minimum Gasteiger partial charge on any atom is -0.493 e. The number of rotatable bonds is 9. The van der Waals surface area contributed by atoms with Crippen molar-refractivity contribution in [2.45, 2.75) is 31.2 Å². The summed E-state index contributed by atoms with van der Waals surface area (Å²) in [6.45, 7) is 5.56. The van der Waals surface area contributed by atoms with E-state index >= 15 is 0 Å². The predicted molar refractivity (Wildman–Crippen MR) is 128 cm³/mol. The Morgan fingerprint density at radius 3 is 2.64 bits per heavy atom. The Hall–Kier alpha value is -3.22. The topological polar surface area (TPSA) is 92.3 Å². The van der Waals surface area contributed by atoms with E-state index in [1.165, 1.54) is 24.4 Å². The minimum absolute atomic E-state index is 0.0147. The molecule has 1 aromatic heterocycles. The standard InChI is InChI=1S/C23H23ClN4O4S/c1-6-9-32-22-19(24)11-17(12-20(22)31-5)21(13-27(29)30)33-23-26-25-16(4)28(23)18-8-7-14(2)15(3)10-18/h1,7-8,10-12,21H,9,13H2,2-5H3/t21-/m0/s1. The van der Waals surface area contributed by atoms with Crippen molar-refractivity contribution < 1.29 is 14.4 Å². The van der Waals surface area contributed by atoms with Crippen molar-refractivity contribution in [3.63, 3.8) is 0 Å². The van der Waals surface area contributed by atoms with Crippen LogP contribution in [0.3, 0.4) is 0 Å². The third-order valence-corrected chi connectivity index (χ3v) is 6.49. The average Bonchev–Trinajstić information content (AvgIpc) is 3.13. The molecule has 0 aliphatic heterocycles. The molecule has 33 heavy (non-hydrogen) atoms. The number of thioether (sulfide) groups is 1. The molecule has 0 bridgehead atoms. The maximum Gasteiger partial charge on any atom is 0.220 e. The number of terminal acetylenes is 1. The number of halogens is 1. The van der Waals surface area contributed by atoms with Crippen molar-refractivity contribution in [3.8, 4) is 29.5 Å². The fourth-order valence-electron chi connectivity index (χ4n) is 3.23. The van der Waals surface area contributed by atoms with E-state index in [1.807, 2.05) is 43.5 Å². The van der Waals surface area contributed by atoms with Crippen molar-refractivity contribution in [1.82, 2.24) is 14.8 Å². The summed E-state index contributed by atoms with van der Waals surface area (Å²) in [4.78, 5) is 11.1. The molecule has 172 valence electrons. The maximum atomic E-state index is 11.5. The van der Waals surface area contributed by atoms with E-state index < -0.39 is 5.25 Å². The Morgan fingerprint density at radius 2 is 2.00 bits per heavy atom. The second-order valence-corrected chi connectivity index (χ2v) is 8.86. The van der Waals surface area contributed by atoms with Gasteiger partial charge in [0.15, 0.2) is 16.7 Å². The van der Waals surface area contributed by atoms with Gasteiger partial charge in [-0.2, -0.15) is 0 Å². The molecule has 0 N–H and O–H groups in total. The molecule has 1 atom stereocenters. The number of hydrogen-bond acceptors (Lipinski definition) is 7. The maximum absolute atomic E-state index is 11.5. The molecule has 0 aliphatic rings. The summed E-state index contributed by atoms with van der Waals surface area (Å²) in [7, 11) is 1.47. The number of nitrogens with zero attached hydrogens (tertiary/aromatic N) is 4. The summed E-state index contributed by atoms with van der Waals surface area (Å²) in [5.41, 5.74) is 3.77. The molecule has 0 radical (unpaired) electrons. The molecule has 0 amide bonds. The van der Waals surface area contributed by atoms with E-state index in [0.29, 0.717) is 28.0 Å². The summed E-state index contributed by atoms with van der Waals surface area (Å²) in [5.74, 6) is 3.68. The predicted octanol–water partition coefficient (Wildman–Crippen LogP) is 4.98. The largest absolute Gasteiger partial charge is 0.493 e. The number of aryl methyl sites for hydroxylation is 3. The van der Waals surface area contributed by atoms with E-state index in [-0.39, 0.29) is 23.1 Å². The van der Waals surface area contributed by atoms with Crippen LogP contribution in [0, 0.1) is 43.2 Å². The lowest BCUT2D eigenvalue weighted by molar-refractivity contribution is -0.479. The second kappa shape index (κ2) is 10.6. The Kier molecular flexibility index (Phi) is 7.84. The van der Waals surface area contributed by atoms with Gasteiger partial charge in [0, 0.05) is 10.6 Å². The number of hydrogen-bond donors (Lipinski definition) is 0. The second-order valence-electron chi connectivity index (χ2n) is 7.28. The van der Waals surface area contributed by atoms with Crippen molar-refractivity contribution in [1.29, 1.82) is 0 Å². The van der Waals surface area contributed by atoms with Crippen molar-refractivity contribution in [2.75, 3.05) is 20.3 Å². The highest BCUT2D eigenvalue weighted by Crippen LogP contribution is 2.43. The molecule has 8 nitrogen and oxygen atoms in total. The monoisotopic (exact) mass is 486 g/mol. The number of nitro groups is 1. The van der Waals surface area contributed by atoms with Gasteiger partial charge in [-0.3, -0.25) is 14.7 Å². The van der Waals surface area contributed by atoms with E-state index in [4.69, 9.17) is 27.5 Å². The van der Waals surface area contributed by atoms with E-state index in [9.17, 15) is 10.1 Å². The average molecular weight is 487 g/mol.